The van der Waals surface area contributed by atoms with E-state index in [0.29, 0.717) is 0 Å². The van der Waals surface area contributed by atoms with Crippen LogP contribution in [0.5, 0.6) is 11.5 Å². The van der Waals surface area contributed by atoms with Gasteiger partial charge in [0.25, 0.3) is 0 Å². The van der Waals surface area contributed by atoms with E-state index in [2.05, 4.69) is 195 Å². The molecule has 0 bridgehead atoms. The number of aryl methyl sites for hydroxylation is 2. The molecule has 3 nitrogen and oxygen atoms in total. The Bertz CT molecular complexity index is 2430. The number of benzene rings is 6. The van der Waals surface area contributed by atoms with Crippen molar-refractivity contribution in [1.29, 1.82) is 0 Å². The maximum absolute atomic E-state index is 9.75. The molecule has 1 aliphatic heterocycles. The number of nitrogens with zero attached hydrogens (tertiary/aromatic N) is 2. The first-order valence-corrected chi connectivity index (χ1v) is 23.0. The molecule has 0 saturated carbocycles. The quantitative estimate of drug-likeness (QED) is 0.0908. The number of para-hydroxylation sites is 2. The fourth-order valence-electron chi connectivity index (χ4n) is 7.65. The number of halogens is 4. The van der Waals surface area contributed by atoms with Gasteiger partial charge < -0.3 is 22.0 Å². The molecule has 0 amide bonds. The van der Waals surface area contributed by atoms with Crippen molar-refractivity contribution in [2.75, 3.05) is 0 Å². The zero-order valence-corrected chi connectivity index (χ0v) is 37.6. The van der Waals surface area contributed by atoms with Crippen molar-refractivity contribution in [2.24, 2.45) is 0 Å². The molecule has 0 N–H and O–H groups in total. The molecule has 316 valence electrons. The molecule has 9 rings (SSSR count). The first kappa shape index (κ1) is 46.1. The molecule has 0 atom stereocenters. The van der Waals surface area contributed by atoms with E-state index in [0.717, 1.165) is 22.9 Å². The molecule has 62 heavy (non-hydrogen) atoms. The van der Waals surface area contributed by atoms with Gasteiger partial charge in [0.05, 0.1) is 11.4 Å². The Kier molecular flexibility index (Phi) is 15.3. The van der Waals surface area contributed by atoms with Crippen molar-refractivity contribution >= 4 is 54.9 Å². The zero-order chi connectivity index (χ0) is 43.0. The van der Waals surface area contributed by atoms with Gasteiger partial charge in [-0.1, -0.05) is 111 Å². The molecule has 11 heteroatoms. The van der Waals surface area contributed by atoms with Crippen LogP contribution in [0.3, 0.4) is 0 Å². The van der Waals surface area contributed by atoms with Gasteiger partial charge in [-0.2, -0.15) is 0 Å². The topological polar surface area (TPSA) is 35.0 Å². The second kappa shape index (κ2) is 20.6. The summed E-state index contributed by atoms with van der Waals surface area (Å²) in [5.41, 5.74) is 6.59. The number of pyridine rings is 2. The zero-order valence-electron chi connectivity index (χ0n) is 34.7. The van der Waals surface area contributed by atoms with E-state index in [1.165, 1.54) is 54.1 Å². The van der Waals surface area contributed by atoms with Crippen LogP contribution in [-0.2, 0) is 22.5 Å². The summed E-state index contributed by atoms with van der Waals surface area (Å²) in [7, 11) is -8.64. The third kappa shape index (κ3) is 11.1. The Morgan fingerprint density at radius 3 is 1.05 bits per heavy atom. The van der Waals surface area contributed by atoms with Gasteiger partial charge >= 0.3 is 24.3 Å². The van der Waals surface area contributed by atoms with Crippen LogP contribution >= 0.6 is 15.8 Å². The van der Waals surface area contributed by atoms with Gasteiger partial charge in [0, 0.05) is 28.9 Å². The van der Waals surface area contributed by atoms with Crippen LogP contribution in [0.4, 0.5) is 17.3 Å². The number of rotatable bonds is 7. The first-order valence-electron chi connectivity index (χ1n) is 20.0. The van der Waals surface area contributed by atoms with Crippen LogP contribution < -0.4 is 36.6 Å². The summed E-state index contributed by atoms with van der Waals surface area (Å²) >= 11 is 0. The number of ether oxygens (including phenoxy) is 1. The molecule has 0 fully saturated rings. The van der Waals surface area contributed by atoms with Crippen LogP contribution in [-0.4, -0.2) is 17.2 Å². The van der Waals surface area contributed by atoms with Crippen LogP contribution in [0.15, 0.2) is 194 Å². The summed E-state index contributed by atoms with van der Waals surface area (Å²) in [5.74, 6) is 2.07. The molecule has 1 aliphatic rings. The molecule has 8 aromatic rings. The molecule has 0 spiro atoms. The Balaban J connectivity index is 0.000000266. The summed E-state index contributed by atoms with van der Waals surface area (Å²) in [4.78, 5) is 8.58. The summed E-state index contributed by atoms with van der Waals surface area (Å²) in [6.45, 7) is 8.83. The van der Waals surface area contributed by atoms with Gasteiger partial charge in [-0.3, -0.25) is 9.97 Å². The molecule has 0 saturated heterocycles. The van der Waals surface area contributed by atoms with E-state index < -0.39 is 23.1 Å². The second-order valence-electron chi connectivity index (χ2n) is 15.2. The molecule has 0 radical (unpaired) electrons. The Morgan fingerprint density at radius 2 is 0.758 bits per heavy atom. The SMILES string of the molecule is CC1(C)c2cccc([PH+](c3ccccc3)c3ccccc3)c2Oc2c([PH+](c3ccccc3)c3ccccc3)cccc21.Cc1ccnc(-c2cc(C)ccn2)c1.F[B-](F)(F)F.[Cu+]. The monoisotopic (exact) mass is 914 g/mol. The van der Waals surface area contributed by atoms with Gasteiger partial charge in [0.1, 0.15) is 47.7 Å². The molecule has 3 heterocycles. The predicted octanol–water partition coefficient (Wildman–Crippen LogP) is 11.2. The molecule has 2 aromatic heterocycles. The van der Waals surface area contributed by atoms with Crippen molar-refractivity contribution in [1.82, 2.24) is 9.97 Å². The average molecular weight is 915 g/mol. The number of fused-ring (bicyclic) bond motifs is 2. The van der Waals surface area contributed by atoms with Crippen LogP contribution in [0.25, 0.3) is 11.4 Å². The van der Waals surface area contributed by atoms with E-state index in [4.69, 9.17) is 4.74 Å². The maximum Gasteiger partial charge on any atom is 1.00 e. The van der Waals surface area contributed by atoms with Crippen molar-refractivity contribution in [3.8, 4) is 22.9 Å². The van der Waals surface area contributed by atoms with E-state index >= 15 is 0 Å². The fourth-order valence-corrected chi connectivity index (χ4v) is 13.0. The Morgan fingerprint density at radius 1 is 0.452 bits per heavy atom. The number of hydrogen-bond donors (Lipinski definition) is 0. The molecular formula is C51H46BCuF4N2OP2+2. The minimum absolute atomic E-state index is 0. The maximum atomic E-state index is 9.75. The van der Waals surface area contributed by atoms with Gasteiger partial charge in [0.15, 0.2) is 11.5 Å². The Hall–Kier alpha value is -5.42. The molecule has 6 aromatic carbocycles. The minimum atomic E-state index is -6.00. The minimum Gasteiger partial charge on any atom is -0.448 e. The van der Waals surface area contributed by atoms with Crippen molar-refractivity contribution in [3.05, 3.63) is 217 Å². The third-order valence-corrected chi connectivity index (χ3v) is 16.0. The van der Waals surface area contributed by atoms with Gasteiger partial charge in [-0.15, -0.1) is 0 Å². The third-order valence-electron chi connectivity index (χ3n) is 10.5. The largest absolute Gasteiger partial charge is 1.00 e. The average Bonchev–Trinajstić information content (AvgIpc) is 3.26. The summed E-state index contributed by atoms with van der Waals surface area (Å²) in [6.07, 6.45) is 3.63. The van der Waals surface area contributed by atoms with Gasteiger partial charge in [-0.05, 0) is 110 Å². The number of hydrogen-bond acceptors (Lipinski definition) is 3. The second-order valence-corrected chi connectivity index (χ2v) is 20.1. The molecule has 0 unspecified atom stereocenters. The normalized spacial score (nSPS) is 12.3. The molecular weight excluding hydrogens is 869 g/mol. The first-order chi connectivity index (χ1) is 29.4. The van der Waals surface area contributed by atoms with Crippen molar-refractivity contribution in [3.63, 3.8) is 0 Å². The van der Waals surface area contributed by atoms with Gasteiger partial charge in [-0.25, -0.2) is 0 Å². The predicted molar refractivity (Wildman–Crippen MR) is 252 cm³/mol. The van der Waals surface area contributed by atoms with E-state index in [1.807, 2.05) is 36.7 Å². The van der Waals surface area contributed by atoms with Crippen LogP contribution in [0.1, 0.15) is 36.1 Å². The smallest absolute Gasteiger partial charge is 0.448 e. The fraction of sp³-hybridized carbons (Fsp3) is 0.0980. The van der Waals surface area contributed by atoms with Crippen LogP contribution in [0.2, 0.25) is 0 Å². The van der Waals surface area contributed by atoms with Crippen molar-refractivity contribution in [2.45, 2.75) is 33.1 Å². The van der Waals surface area contributed by atoms with Gasteiger partial charge in [0.2, 0.25) is 0 Å². The van der Waals surface area contributed by atoms with E-state index in [9.17, 15) is 17.3 Å². The summed E-state index contributed by atoms with van der Waals surface area (Å²) < 4.78 is 46.3. The van der Waals surface area contributed by atoms with E-state index in [-0.39, 0.29) is 22.5 Å². The standard InChI is InChI=1S/C39H32OP2.C12H12N2.BF4.Cu/c1-39(2)33-25-15-27-35(41(29-17-7-3-8-18-29)30-19-9-4-10-20-30)37(33)40-38-34(39)26-16-28-36(38)42(31-21-11-5-12-22-31)32-23-13-6-14-24-32;1-9-3-5-13-11(7-9)12-8-10(2)4-6-14-12;2-1(3,4)5;/h3-28H,1-2H3;3-8H,1-2H3;;/q;;-1;+1/p+2. The van der Waals surface area contributed by atoms with Crippen molar-refractivity contribution < 1.29 is 39.1 Å². The molecule has 0 aliphatic carbocycles. The summed E-state index contributed by atoms with van der Waals surface area (Å²) in [6, 6.07) is 65.6. The summed E-state index contributed by atoms with van der Waals surface area (Å²) in [5, 5.41) is 8.05. The Labute approximate surface area is 374 Å². The number of aromatic nitrogens is 2. The van der Waals surface area contributed by atoms with Crippen LogP contribution in [0, 0.1) is 13.8 Å². The van der Waals surface area contributed by atoms with E-state index in [1.54, 1.807) is 0 Å².